The summed E-state index contributed by atoms with van der Waals surface area (Å²) in [5, 5.41) is 9.71. The molecule has 2 unspecified atom stereocenters. The van der Waals surface area contributed by atoms with Crippen LogP contribution >= 0.6 is 0 Å². The van der Waals surface area contributed by atoms with E-state index in [4.69, 9.17) is 14.6 Å². The molecule has 7 nitrogen and oxygen atoms in total. The Bertz CT molecular complexity index is 1110. The van der Waals surface area contributed by atoms with E-state index < -0.39 is 16.0 Å². The lowest BCUT2D eigenvalue weighted by Crippen LogP contribution is -2.26. The minimum Gasteiger partial charge on any atom is -0.497 e. The van der Waals surface area contributed by atoms with E-state index >= 15 is 0 Å². The number of aromatic nitrogens is 1. The number of hydrogen-bond acceptors (Lipinski definition) is 5. The number of carboxylic acid groups (broad SMARTS) is 1. The third kappa shape index (κ3) is 3.95. The number of aryl methyl sites for hydroxylation is 1. The van der Waals surface area contributed by atoms with Gasteiger partial charge in [-0.2, -0.15) is 0 Å². The van der Waals surface area contributed by atoms with Crippen LogP contribution in [0.5, 0.6) is 5.75 Å². The maximum absolute atomic E-state index is 13.5. The van der Waals surface area contributed by atoms with Gasteiger partial charge >= 0.3 is 5.97 Å². The van der Waals surface area contributed by atoms with Gasteiger partial charge in [0.05, 0.1) is 23.6 Å². The molecule has 1 aromatic heterocycles. The van der Waals surface area contributed by atoms with Crippen LogP contribution in [0.15, 0.2) is 47.0 Å². The average Bonchev–Trinajstić information content (AvgIpc) is 3.04. The van der Waals surface area contributed by atoms with E-state index in [-0.39, 0.29) is 29.8 Å². The molecule has 0 spiro atoms. The summed E-state index contributed by atoms with van der Waals surface area (Å²) < 4.78 is 38.8. The number of methoxy groups -OCH3 is 2. The van der Waals surface area contributed by atoms with Gasteiger partial charge in [-0.25, -0.2) is 12.4 Å². The molecule has 0 bridgehead atoms. The molecule has 1 aliphatic carbocycles. The Morgan fingerprint density at radius 2 is 2.00 bits per heavy atom. The molecule has 0 fully saturated rings. The van der Waals surface area contributed by atoms with E-state index in [2.05, 4.69) is 0 Å². The van der Waals surface area contributed by atoms with E-state index in [0.717, 1.165) is 5.57 Å². The van der Waals surface area contributed by atoms with Crippen LogP contribution in [0.3, 0.4) is 0 Å². The highest BCUT2D eigenvalue weighted by Gasteiger charge is 2.29. The standard InChI is InChI=1S/C21H25NO6S/c1-13-9-17(10-14(2)21(13)28-4)29(25,26)22-12-15(5-8-20(23)24)18-11-16(27-3)6-7-19(18)22/h6-7,9-13,21H,5,8H2,1-4H3,(H,23,24). The second-order valence-electron chi connectivity index (χ2n) is 7.20. The summed E-state index contributed by atoms with van der Waals surface area (Å²) in [6.07, 6.45) is 4.81. The fourth-order valence-corrected chi connectivity index (χ4v) is 5.43. The molecule has 8 heteroatoms. The van der Waals surface area contributed by atoms with E-state index in [1.54, 1.807) is 37.5 Å². The highest BCUT2D eigenvalue weighted by Crippen LogP contribution is 2.33. The largest absolute Gasteiger partial charge is 0.497 e. The van der Waals surface area contributed by atoms with Crippen LogP contribution in [0.1, 0.15) is 25.8 Å². The molecule has 156 valence electrons. The lowest BCUT2D eigenvalue weighted by atomic mass is 9.93. The van der Waals surface area contributed by atoms with E-state index in [9.17, 15) is 13.2 Å². The smallest absolute Gasteiger partial charge is 0.303 e. The maximum atomic E-state index is 13.5. The van der Waals surface area contributed by atoms with Crippen molar-refractivity contribution < 1.29 is 27.8 Å². The van der Waals surface area contributed by atoms with Gasteiger partial charge in [0.25, 0.3) is 10.0 Å². The summed E-state index contributed by atoms with van der Waals surface area (Å²) in [7, 11) is -0.734. The molecule has 1 N–H and O–H groups in total. The predicted molar refractivity (Wildman–Crippen MR) is 111 cm³/mol. The SMILES string of the molecule is COc1ccc2c(c1)c(CCC(=O)O)cn2S(=O)(=O)C1=CC(C)C(OC)C(C)=C1. The van der Waals surface area contributed by atoms with Crippen molar-refractivity contribution in [3.8, 4) is 5.75 Å². The molecular weight excluding hydrogens is 394 g/mol. The molecule has 0 saturated carbocycles. The van der Waals surface area contributed by atoms with Gasteiger partial charge in [-0.3, -0.25) is 4.79 Å². The Hall–Kier alpha value is -2.58. The van der Waals surface area contributed by atoms with Crippen molar-refractivity contribution in [2.45, 2.75) is 32.8 Å². The minimum atomic E-state index is -3.87. The van der Waals surface area contributed by atoms with Gasteiger partial charge < -0.3 is 14.6 Å². The molecular formula is C21H25NO6S. The summed E-state index contributed by atoms with van der Waals surface area (Å²) in [6, 6.07) is 5.10. The highest BCUT2D eigenvalue weighted by atomic mass is 32.2. The average molecular weight is 419 g/mol. The van der Waals surface area contributed by atoms with Crippen molar-refractivity contribution in [1.29, 1.82) is 0 Å². The van der Waals surface area contributed by atoms with Gasteiger partial charge in [0, 0.05) is 31.0 Å². The fraction of sp³-hybridized carbons (Fsp3) is 0.381. The molecule has 1 aromatic carbocycles. The summed E-state index contributed by atoms with van der Waals surface area (Å²) in [5.74, 6) is -0.457. The zero-order valence-electron chi connectivity index (χ0n) is 16.9. The summed E-state index contributed by atoms with van der Waals surface area (Å²) in [6.45, 7) is 3.77. The molecule has 29 heavy (non-hydrogen) atoms. The molecule has 0 amide bonds. The fourth-order valence-electron chi connectivity index (χ4n) is 3.80. The van der Waals surface area contributed by atoms with Crippen molar-refractivity contribution >= 4 is 26.9 Å². The van der Waals surface area contributed by atoms with Crippen molar-refractivity contribution in [3.05, 3.63) is 52.6 Å². The van der Waals surface area contributed by atoms with Crippen molar-refractivity contribution in [2.75, 3.05) is 14.2 Å². The molecule has 2 aromatic rings. The minimum absolute atomic E-state index is 0.0926. The number of carbonyl (C=O) groups is 1. The van der Waals surface area contributed by atoms with Gasteiger partial charge in [-0.05, 0) is 48.8 Å². The van der Waals surface area contributed by atoms with Crippen molar-refractivity contribution in [2.24, 2.45) is 5.92 Å². The normalized spacial score (nSPS) is 19.7. The van der Waals surface area contributed by atoms with Gasteiger partial charge in [0.15, 0.2) is 0 Å². The molecule has 0 aliphatic heterocycles. The first-order valence-corrected chi connectivity index (χ1v) is 10.7. The zero-order chi connectivity index (χ0) is 21.3. The number of ether oxygens (including phenoxy) is 2. The number of rotatable bonds is 7. The number of benzene rings is 1. The predicted octanol–water partition coefficient (Wildman–Crippen LogP) is 3.34. The Morgan fingerprint density at radius 1 is 1.28 bits per heavy atom. The number of allylic oxidation sites excluding steroid dienone is 1. The summed E-state index contributed by atoms with van der Waals surface area (Å²) in [4.78, 5) is 11.2. The van der Waals surface area contributed by atoms with Crippen LogP contribution < -0.4 is 4.74 Å². The Labute approximate surface area is 170 Å². The van der Waals surface area contributed by atoms with Crippen molar-refractivity contribution in [3.63, 3.8) is 0 Å². The van der Waals surface area contributed by atoms with Gasteiger partial charge in [-0.15, -0.1) is 0 Å². The lowest BCUT2D eigenvalue weighted by Gasteiger charge is -2.26. The van der Waals surface area contributed by atoms with E-state index in [1.165, 1.54) is 17.3 Å². The first-order valence-electron chi connectivity index (χ1n) is 9.27. The van der Waals surface area contributed by atoms with E-state index in [1.807, 2.05) is 13.8 Å². The monoisotopic (exact) mass is 419 g/mol. The van der Waals surface area contributed by atoms with Crippen molar-refractivity contribution in [1.82, 2.24) is 3.97 Å². The Morgan fingerprint density at radius 3 is 2.59 bits per heavy atom. The van der Waals surface area contributed by atoms with Gasteiger partial charge in [-0.1, -0.05) is 13.0 Å². The number of aliphatic carboxylic acids is 1. The third-order valence-electron chi connectivity index (χ3n) is 5.20. The molecule has 0 saturated heterocycles. The molecule has 1 heterocycles. The topological polar surface area (TPSA) is 94.8 Å². The van der Waals surface area contributed by atoms with Crippen LogP contribution in [0.2, 0.25) is 0 Å². The zero-order valence-corrected chi connectivity index (χ0v) is 17.7. The second-order valence-corrected chi connectivity index (χ2v) is 9.02. The molecule has 0 radical (unpaired) electrons. The Balaban J connectivity index is 2.14. The molecule has 3 rings (SSSR count). The quantitative estimate of drug-likeness (QED) is 0.740. The van der Waals surface area contributed by atoms with Gasteiger partial charge in [0.1, 0.15) is 5.75 Å². The van der Waals surface area contributed by atoms with Crippen LogP contribution in [0.25, 0.3) is 10.9 Å². The first kappa shape index (κ1) is 21.1. The van der Waals surface area contributed by atoms with Crippen LogP contribution in [-0.4, -0.2) is 43.8 Å². The number of carboxylic acids is 1. The first-order chi connectivity index (χ1) is 13.7. The number of fused-ring (bicyclic) bond motifs is 1. The number of hydrogen-bond donors (Lipinski definition) is 1. The molecule has 1 aliphatic rings. The second kappa shape index (κ2) is 8.04. The summed E-state index contributed by atoms with van der Waals surface area (Å²) in [5.41, 5.74) is 1.97. The van der Waals surface area contributed by atoms with Crippen LogP contribution in [0.4, 0.5) is 0 Å². The van der Waals surface area contributed by atoms with Crippen LogP contribution in [0, 0.1) is 5.92 Å². The maximum Gasteiger partial charge on any atom is 0.303 e. The highest BCUT2D eigenvalue weighted by molar-refractivity contribution is 7.94. The van der Waals surface area contributed by atoms with Crippen LogP contribution in [-0.2, 0) is 26.0 Å². The van der Waals surface area contributed by atoms with E-state index in [0.29, 0.717) is 22.2 Å². The lowest BCUT2D eigenvalue weighted by molar-refractivity contribution is -0.136. The molecule has 2 atom stereocenters. The third-order valence-corrected chi connectivity index (χ3v) is 6.87. The Kier molecular flexibility index (Phi) is 5.86. The van der Waals surface area contributed by atoms with Gasteiger partial charge in [0.2, 0.25) is 0 Å². The number of nitrogens with zero attached hydrogens (tertiary/aromatic N) is 1. The summed E-state index contributed by atoms with van der Waals surface area (Å²) >= 11 is 0.